The molecule has 0 saturated carbocycles. The van der Waals surface area contributed by atoms with Crippen molar-refractivity contribution in [2.45, 2.75) is 27.7 Å². The molecule has 6 heteroatoms. The normalized spacial score (nSPS) is 18.7. The lowest BCUT2D eigenvalue weighted by atomic mass is 10.3. The molecule has 2 rings (SSSR count). The summed E-state index contributed by atoms with van der Waals surface area (Å²) < 4.78 is 5.83. The summed E-state index contributed by atoms with van der Waals surface area (Å²) in [5.74, 6) is 1.54. The number of carbonyl (C=O) groups is 1. The molecule has 120 valence electrons. The fraction of sp³-hybridized carbons (Fsp3) is 0.500. The van der Waals surface area contributed by atoms with Crippen molar-refractivity contribution >= 4 is 34.8 Å². The van der Waals surface area contributed by atoms with Gasteiger partial charge in [-0.05, 0) is 45.5 Å². The second kappa shape index (κ2) is 7.54. The van der Waals surface area contributed by atoms with Gasteiger partial charge < -0.3 is 9.32 Å². The van der Waals surface area contributed by atoms with Crippen molar-refractivity contribution in [3.05, 3.63) is 22.8 Å². The quantitative estimate of drug-likeness (QED) is 0.753. The van der Waals surface area contributed by atoms with Gasteiger partial charge in [0.25, 0.3) is 5.91 Å². The molecule has 0 unspecified atom stereocenters. The number of anilines is 1. The Balaban J connectivity index is 2.23. The molecular weight excluding hydrogens is 298 g/mol. The van der Waals surface area contributed by atoms with Crippen LogP contribution in [0.3, 0.4) is 0 Å². The number of amides is 1. The molecule has 2 heterocycles. The second-order valence-electron chi connectivity index (χ2n) is 4.77. The molecule has 0 N–H and O–H groups in total. The highest BCUT2D eigenvalue weighted by molar-refractivity contribution is 8.18. The van der Waals surface area contributed by atoms with Crippen LogP contribution >= 0.6 is 11.8 Å². The number of amidine groups is 1. The molecule has 22 heavy (non-hydrogen) atoms. The largest absolute Gasteiger partial charge is 0.441 e. The molecular formula is C16H23N3O2S. The summed E-state index contributed by atoms with van der Waals surface area (Å²) in [7, 11) is 0. The average molecular weight is 321 g/mol. The molecule has 0 atom stereocenters. The first-order chi connectivity index (χ1) is 10.6. The number of hydrogen-bond acceptors (Lipinski definition) is 5. The van der Waals surface area contributed by atoms with Crippen LogP contribution in [0.2, 0.25) is 0 Å². The first-order valence-electron chi connectivity index (χ1n) is 7.75. The molecule has 5 nitrogen and oxygen atoms in total. The molecule has 1 aliphatic heterocycles. The fourth-order valence-corrected chi connectivity index (χ4v) is 3.38. The van der Waals surface area contributed by atoms with Gasteiger partial charge in [0.15, 0.2) is 11.1 Å². The minimum Gasteiger partial charge on any atom is -0.441 e. The van der Waals surface area contributed by atoms with E-state index < -0.39 is 0 Å². The van der Waals surface area contributed by atoms with E-state index in [4.69, 9.17) is 4.42 Å². The molecule has 1 fully saturated rings. The lowest BCUT2D eigenvalue weighted by molar-refractivity contribution is -0.122. The Morgan fingerprint density at radius 2 is 2.00 bits per heavy atom. The van der Waals surface area contributed by atoms with E-state index in [9.17, 15) is 4.79 Å². The van der Waals surface area contributed by atoms with Gasteiger partial charge in [-0.2, -0.15) is 0 Å². The lowest BCUT2D eigenvalue weighted by Gasteiger charge is -2.16. The Morgan fingerprint density at radius 3 is 2.59 bits per heavy atom. The van der Waals surface area contributed by atoms with E-state index in [1.54, 1.807) is 11.0 Å². The number of carbonyl (C=O) groups excluding carboxylic acids is 1. The van der Waals surface area contributed by atoms with Crippen molar-refractivity contribution < 1.29 is 9.21 Å². The number of hydrogen-bond donors (Lipinski definition) is 0. The Morgan fingerprint density at radius 1 is 1.27 bits per heavy atom. The Kier molecular flexibility index (Phi) is 5.71. The number of thioether (sulfide) groups is 1. The summed E-state index contributed by atoms with van der Waals surface area (Å²) >= 11 is 1.41. The van der Waals surface area contributed by atoms with Crippen LogP contribution in [0.15, 0.2) is 26.4 Å². The minimum atomic E-state index is 0.000453. The maximum Gasteiger partial charge on any atom is 0.266 e. The highest BCUT2D eigenvalue weighted by Crippen LogP contribution is 2.33. The van der Waals surface area contributed by atoms with Gasteiger partial charge in [0.05, 0.1) is 4.91 Å². The van der Waals surface area contributed by atoms with E-state index in [1.807, 2.05) is 26.0 Å². The second-order valence-corrected chi connectivity index (χ2v) is 5.77. The van der Waals surface area contributed by atoms with Gasteiger partial charge >= 0.3 is 0 Å². The van der Waals surface area contributed by atoms with Crippen LogP contribution in [0.25, 0.3) is 6.08 Å². The number of nitrogens with zero attached hydrogens (tertiary/aromatic N) is 3. The minimum absolute atomic E-state index is 0.000453. The monoisotopic (exact) mass is 321 g/mol. The third-order valence-corrected chi connectivity index (χ3v) is 4.50. The van der Waals surface area contributed by atoms with Crippen molar-refractivity contribution in [2.24, 2.45) is 4.99 Å². The van der Waals surface area contributed by atoms with Crippen LogP contribution in [0.1, 0.15) is 33.5 Å². The number of aliphatic imine (C=N–C) groups is 1. The molecule has 1 saturated heterocycles. The third kappa shape index (κ3) is 3.38. The smallest absolute Gasteiger partial charge is 0.266 e. The van der Waals surface area contributed by atoms with Gasteiger partial charge in [-0.15, -0.1) is 0 Å². The third-order valence-electron chi connectivity index (χ3n) is 3.46. The van der Waals surface area contributed by atoms with Gasteiger partial charge in [0, 0.05) is 38.3 Å². The van der Waals surface area contributed by atoms with Crippen molar-refractivity contribution in [2.75, 3.05) is 31.1 Å². The molecule has 1 aliphatic rings. The zero-order chi connectivity index (χ0) is 16.1. The van der Waals surface area contributed by atoms with Gasteiger partial charge in [-0.3, -0.25) is 14.7 Å². The topological polar surface area (TPSA) is 49.1 Å². The van der Waals surface area contributed by atoms with Crippen LogP contribution in [-0.4, -0.2) is 42.2 Å². The SMILES string of the molecule is CCN=C1S/C(=C\c2ccc(N(CC)CC)o2)C(=O)N1CC. The van der Waals surface area contributed by atoms with E-state index in [1.165, 1.54) is 11.8 Å². The maximum absolute atomic E-state index is 12.4. The predicted molar refractivity (Wildman–Crippen MR) is 93.2 cm³/mol. The summed E-state index contributed by atoms with van der Waals surface area (Å²) in [5.41, 5.74) is 0. The molecule has 1 amide bonds. The predicted octanol–water partition coefficient (Wildman–Crippen LogP) is 3.44. The van der Waals surface area contributed by atoms with Gasteiger partial charge in [-0.25, -0.2) is 0 Å². The highest BCUT2D eigenvalue weighted by atomic mass is 32.2. The zero-order valence-electron chi connectivity index (χ0n) is 13.6. The number of furan rings is 1. The van der Waals surface area contributed by atoms with Crippen LogP contribution < -0.4 is 4.90 Å². The number of likely N-dealkylation sites (N-methyl/N-ethyl adjacent to an activating group) is 1. The molecule has 1 aromatic rings. The summed E-state index contributed by atoms with van der Waals surface area (Å²) in [6.07, 6.45) is 1.81. The van der Waals surface area contributed by atoms with Crippen molar-refractivity contribution in [3.63, 3.8) is 0 Å². The van der Waals surface area contributed by atoms with Crippen LogP contribution in [-0.2, 0) is 4.79 Å². The number of rotatable bonds is 6. The Hall–Kier alpha value is -1.69. The molecule has 0 bridgehead atoms. The highest BCUT2D eigenvalue weighted by Gasteiger charge is 2.32. The molecule has 0 spiro atoms. The Bertz CT molecular complexity index is 588. The average Bonchev–Trinajstić information content (AvgIpc) is 3.07. The van der Waals surface area contributed by atoms with Gasteiger partial charge in [-0.1, -0.05) is 0 Å². The lowest BCUT2D eigenvalue weighted by Crippen LogP contribution is -2.28. The first kappa shape index (κ1) is 16.7. The van der Waals surface area contributed by atoms with Crippen LogP contribution in [0, 0.1) is 0 Å². The van der Waals surface area contributed by atoms with E-state index in [2.05, 4.69) is 23.7 Å². The summed E-state index contributed by atoms with van der Waals surface area (Å²) in [4.78, 5) is 21.3. The van der Waals surface area contributed by atoms with Crippen molar-refractivity contribution in [1.29, 1.82) is 0 Å². The fourth-order valence-electron chi connectivity index (χ4n) is 2.29. The molecule has 0 aromatic carbocycles. The van der Waals surface area contributed by atoms with Crippen molar-refractivity contribution in [3.8, 4) is 0 Å². The summed E-state index contributed by atoms with van der Waals surface area (Å²) in [6, 6.07) is 3.85. The van der Waals surface area contributed by atoms with Gasteiger partial charge in [0.1, 0.15) is 5.76 Å². The molecule has 1 aromatic heterocycles. The first-order valence-corrected chi connectivity index (χ1v) is 8.56. The van der Waals surface area contributed by atoms with Crippen molar-refractivity contribution in [1.82, 2.24) is 4.90 Å². The van der Waals surface area contributed by atoms with E-state index in [-0.39, 0.29) is 5.91 Å². The van der Waals surface area contributed by atoms with E-state index in [0.717, 1.165) is 24.1 Å². The Labute approximate surface area is 136 Å². The van der Waals surface area contributed by atoms with E-state index >= 15 is 0 Å². The molecule has 0 aliphatic carbocycles. The summed E-state index contributed by atoms with van der Waals surface area (Å²) in [6.45, 7) is 11.2. The van der Waals surface area contributed by atoms with Gasteiger partial charge in [0.2, 0.25) is 0 Å². The maximum atomic E-state index is 12.4. The van der Waals surface area contributed by atoms with Crippen LogP contribution in [0.4, 0.5) is 5.88 Å². The van der Waals surface area contributed by atoms with Crippen LogP contribution in [0.5, 0.6) is 0 Å². The molecule has 0 radical (unpaired) electrons. The van der Waals surface area contributed by atoms with E-state index in [0.29, 0.717) is 23.8 Å². The zero-order valence-corrected chi connectivity index (χ0v) is 14.4. The standard InChI is InChI=1S/C16H23N3O2S/c1-5-17-16-19(8-4)15(20)13(22-16)11-12-9-10-14(21-12)18(6-2)7-3/h9-11H,5-8H2,1-4H3/b13-11-,17-16?. The summed E-state index contributed by atoms with van der Waals surface area (Å²) in [5, 5.41) is 0.775.